The average molecular weight is 258 g/mol. The third-order valence-electron chi connectivity index (χ3n) is 2.78. The molecule has 0 unspecified atom stereocenters. The van der Waals surface area contributed by atoms with Gasteiger partial charge in [-0.15, -0.1) is 0 Å². The number of pyridine rings is 1. The summed E-state index contributed by atoms with van der Waals surface area (Å²) in [5, 5.41) is 7.90. The van der Waals surface area contributed by atoms with Crippen LogP contribution in [0.15, 0.2) is 24.4 Å². The van der Waals surface area contributed by atoms with Gasteiger partial charge in [0.25, 0.3) is 0 Å². The first-order valence-corrected chi connectivity index (χ1v) is 6.59. The third kappa shape index (κ3) is 3.89. The predicted molar refractivity (Wildman–Crippen MR) is 77.4 cm³/mol. The molecule has 0 radical (unpaired) electrons. The minimum atomic E-state index is 0.111. The Morgan fingerprint density at radius 3 is 2.47 bits per heavy atom. The van der Waals surface area contributed by atoms with Crippen molar-refractivity contribution in [3.63, 3.8) is 0 Å². The Hall–Kier alpha value is -1.68. The van der Waals surface area contributed by atoms with E-state index in [2.05, 4.69) is 48.3 Å². The molecule has 2 rings (SSSR count). The van der Waals surface area contributed by atoms with E-state index in [0.717, 1.165) is 23.8 Å². The lowest BCUT2D eigenvalue weighted by Gasteiger charge is -2.20. The molecule has 0 atom stereocenters. The maximum atomic E-state index is 4.53. The number of hydrogen-bond donors (Lipinski definition) is 1. The van der Waals surface area contributed by atoms with Gasteiger partial charge in [0.05, 0.1) is 5.69 Å². The lowest BCUT2D eigenvalue weighted by atomic mass is 10.1. The Morgan fingerprint density at radius 2 is 1.89 bits per heavy atom. The summed E-state index contributed by atoms with van der Waals surface area (Å²) in [5.41, 5.74) is 3.35. The molecule has 0 aliphatic rings. The van der Waals surface area contributed by atoms with Crippen molar-refractivity contribution >= 4 is 0 Å². The first kappa shape index (κ1) is 13.7. The highest BCUT2D eigenvalue weighted by Gasteiger charge is 2.10. The smallest absolute Gasteiger partial charge is 0.153 e. The van der Waals surface area contributed by atoms with Crippen LogP contribution < -0.4 is 5.32 Å². The van der Waals surface area contributed by atoms with E-state index in [1.54, 1.807) is 0 Å². The van der Waals surface area contributed by atoms with E-state index < -0.39 is 0 Å². The second-order valence-electron chi connectivity index (χ2n) is 5.98. The second kappa shape index (κ2) is 5.13. The predicted octanol–water partition coefficient (Wildman–Crippen LogP) is 2.77. The van der Waals surface area contributed by atoms with Gasteiger partial charge >= 0.3 is 0 Å². The van der Waals surface area contributed by atoms with Crippen molar-refractivity contribution in [1.29, 1.82) is 0 Å². The standard InChI is InChI=1S/C15H22N4/c1-11-6-7-19(18-11)14-9-13(8-12(2)17-14)10-16-15(3,4)5/h6-9,16H,10H2,1-5H3. The number of aromatic nitrogens is 3. The number of rotatable bonds is 3. The highest BCUT2D eigenvalue weighted by atomic mass is 15.3. The summed E-state index contributed by atoms with van der Waals surface area (Å²) in [5.74, 6) is 0.874. The normalized spacial score (nSPS) is 11.8. The Morgan fingerprint density at radius 1 is 1.16 bits per heavy atom. The molecule has 0 fully saturated rings. The van der Waals surface area contributed by atoms with Gasteiger partial charge in [-0.3, -0.25) is 0 Å². The van der Waals surface area contributed by atoms with E-state index in [9.17, 15) is 0 Å². The fourth-order valence-corrected chi connectivity index (χ4v) is 1.85. The Labute approximate surface area is 114 Å². The van der Waals surface area contributed by atoms with Crippen molar-refractivity contribution in [3.05, 3.63) is 41.3 Å². The van der Waals surface area contributed by atoms with Crippen molar-refractivity contribution in [1.82, 2.24) is 20.1 Å². The van der Waals surface area contributed by atoms with Crippen molar-refractivity contribution in [2.24, 2.45) is 0 Å². The van der Waals surface area contributed by atoms with Crippen LogP contribution >= 0.6 is 0 Å². The molecule has 0 saturated heterocycles. The summed E-state index contributed by atoms with van der Waals surface area (Å²) >= 11 is 0. The number of hydrogen-bond acceptors (Lipinski definition) is 3. The maximum Gasteiger partial charge on any atom is 0.153 e. The van der Waals surface area contributed by atoms with Crippen LogP contribution in [0.5, 0.6) is 0 Å². The lowest BCUT2D eigenvalue weighted by molar-refractivity contribution is 0.424. The quantitative estimate of drug-likeness (QED) is 0.920. The molecule has 0 amide bonds. The van der Waals surface area contributed by atoms with Gasteiger partial charge in [-0.25, -0.2) is 9.67 Å². The van der Waals surface area contributed by atoms with Crippen LogP contribution in [-0.2, 0) is 6.54 Å². The highest BCUT2D eigenvalue weighted by molar-refractivity contribution is 5.30. The zero-order valence-electron chi connectivity index (χ0n) is 12.4. The summed E-state index contributed by atoms with van der Waals surface area (Å²) in [6, 6.07) is 6.17. The van der Waals surface area contributed by atoms with Crippen LogP contribution in [0, 0.1) is 13.8 Å². The Bertz CT molecular complexity index is 564. The molecular formula is C15H22N4. The fourth-order valence-electron chi connectivity index (χ4n) is 1.85. The van der Waals surface area contributed by atoms with Gasteiger partial charge in [0.1, 0.15) is 0 Å². The summed E-state index contributed by atoms with van der Waals surface area (Å²) in [7, 11) is 0. The van der Waals surface area contributed by atoms with Crippen LogP contribution in [0.1, 0.15) is 37.7 Å². The first-order chi connectivity index (χ1) is 8.83. The zero-order valence-corrected chi connectivity index (χ0v) is 12.4. The Kier molecular flexibility index (Phi) is 3.71. The van der Waals surface area contributed by atoms with Gasteiger partial charge in [0, 0.05) is 24.0 Å². The summed E-state index contributed by atoms with van der Waals surface area (Å²) < 4.78 is 1.82. The van der Waals surface area contributed by atoms with Crippen molar-refractivity contribution in [2.45, 2.75) is 46.7 Å². The summed E-state index contributed by atoms with van der Waals surface area (Å²) in [4.78, 5) is 4.53. The molecule has 0 bridgehead atoms. The average Bonchev–Trinajstić information content (AvgIpc) is 2.72. The van der Waals surface area contributed by atoms with E-state index in [0.29, 0.717) is 0 Å². The molecule has 0 saturated carbocycles. The van der Waals surface area contributed by atoms with Crippen molar-refractivity contribution in [3.8, 4) is 5.82 Å². The van der Waals surface area contributed by atoms with E-state index in [4.69, 9.17) is 0 Å². The van der Waals surface area contributed by atoms with E-state index in [-0.39, 0.29) is 5.54 Å². The SMILES string of the molecule is Cc1cc(CNC(C)(C)C)cc(-n2ccc(C)n2)n1. The van der Waals surface area contributed by atoms with Crippen LogP contribution in [0.3, 0.4) is 0 Å². The lowest BCUT2D eigenvalue weighted by Crippen LogP contribution is -2.35. The molecule has 0 spiro atoms. The van der Waals surface area contributed by atoms with E-state index >= 15 is 0 Å². The van der Waals surface area contributed by atoms with Crippen molar-refractivity contribution in [2.75, 3.05) is 0 Å². The summed E-state index contributed by atoms with van der Waals surface area (Å²) in [6.45, 7) is 11.3. The van der Waals surface area contributed by atoms with Crippen molar-refractivity contribution < 1.29 is 0 Å². The molecule has 102 valence electrons. The van der Waals surface area contributed by atoms with Gasteiger partial charge < -0.3 is 5.32 Å². The molecule has 0 aliphatic carbocycles. The monoisotopic (exact) mass is 258 g/mol. The van der Waals surface area contributed by atoms with Gasteiger partial charge in [-0.1, -0.05) is 0 Å². The Balaban J connectivity index is 2.25. The number of nitrogens with zero attached hydrogens (tertiary/aromatic N) is 3. The number of aryl methyl sites for hydroxylation is 2. The van der Waals surface area contributed by atoms with Crippen LogP contribution in [0.4, 0.5) is 0 Å². The van der Waals surface area contributed by atoms with Gasteiger partial charge in [-0.05, 0) is 58.4 Å². The molecule has 2 heterocycles. The molecule has 0 aliphatic heterocycles. The molecule has 19 heavy (non-hydrogen) atoms. The molecular weight excluding hydrogens is 236 g/mol. The van der Waals surface area contributed by atoms with Crippen LogP contribution in [0.25, 0.3) is 5.82 Å². The van der Waals surface area contributed by atoms with Crippen LogP contribution in [-0.4, -0.2) is 20.3 Å². The van der Waals surface area contributed by atoms with Gasteiger partial charge in [-0.2, -0.15) is 5.10 Å². The largest absolute Gasteiger partial charge is 0.308 e. The second-order valence-corrected chi connectivity index (χ2v) is 5.98. The molecule has 2 aromatic rings. The highest BCUT2D eigenvalue weighted by Crippen LogP contribution is 2.11. The van der Waals surface area contributed by atoms with Crippen LogP contribution in [0.2, 0.25) is 0 Å². The zero-order chi connectivity index (χ0) is 14.0. The maximum absolute atomic E-state index is 4.53. The third-order valence-corrected chi connectivity index (χ3v) is 2.78. The summed E-state index contributed by atoms with van der Waals surface area (Å²) in [6.07, 6.45) is 1.94. The van der Waals surface area contributed by atoms with E-state index in [1.807, 2.05) is 30.8 Å². The topological polar surface area (TPSA) is 42.7 Å². The fraction of sp³-hybridized carbons (Fsp3) is 0.467. The minimum absolute atomic E-state index is 0.111. The molecule has 4 nitrogen and oxygen atoms in total. The molecule has 1 N–H and O–H groups in total. The number of nitrogens with one attached hydrogen (secondary N) is 1. The van der Waals surface area contributed by atoms with E-state index in [1.165, 1.54) is 5.56 Å². The first-order valence-electron chi connectivity index (χ1n) is 6.59. The molecule has 0 aromatic carbocycles. The van der Waals surface area contributed by atoms with Gasteiger partial charge in [0.15, 0.2) is 5.82 Å². The molecule has 4 heteroatoms. The van der Waals surface area contributed by atoms with Gasteiger partial charge in [0.2, 0.25) is 0 Å². The minimum Gasteiger partial charge on any atom is -0.308 e. The molecule has 2 aromatic heterocycles.